The average molecular weight is 297 g/mol. The Balaban J connectivity index is 3.18. The molecule has 0 saturated heterocycles. The van der Waals surface area contributed by atoms with Crippen molar-refractivity contribution in [1.82, 2.24) is 10.3 Å². The fourth-order valence-corrected chi connectivity index (χ4v) is 4.08. The van der Waals surface area contributed by atoms with E-state index in [9.17, 15) is 0 Å². The van der Waals surface area contributed by atoms with Gasteiger partial charge in [0.25, 0.3) is 0 Å². The molecule has 0 aliphatic heterocycles. The van der Waals surface area contributed by atoms with Gasteiger partial charge in [-0.2, -0.15) is 0 Å². The first-order valence-electron chi connectivity index (χ1n) is 7.76. The Hall–Kier alpha value is -0.410. The Bertz CT molecular complexity index is 403. The van der Waals surface area contributed by atoms with Gasteiger partial charge < -0.3 is 5.32 Å². The summed E-state index contributed by atoms with van der Waals surface area (Å²) in [7, 11) is 2.09. The maximum atomic E-state index is 4.99. The fourth-order valence-electron chi connectivity index (χ4n) is 2.80. The summed E-state index contributed by atoms with van der Waals surface area (Å²) >= 11 is 1.82. The summed E-state index contributed by atoms with van der Waals surface area (Å²) in [5.41, 5.74) is 1.37. The summed E-state index contributed by atoms with van der Waals surface area (Å²) in [6.45, 7) is 15.9. The highest BCUT2D eigenvalue weighted by atomic mass is 32.1. The molecule has 0 spiro atoms. The minimum absolute atomic E-state index is 0.0243. The van der Waals surface area contributed by atoms with Gasteiger partial charge in [-0.1, -0.05) is 48.5 Å². The Labute approximate surface area is 129 Å². The first-order valence-corrected chi connectivity index (χ1v) is 8.64. The van der Waals surface area contributed by atoms with Gasteiger partial charge >= 0.3 is 0 Å². The van der Waals surface area contributed by atoms with Crippen LogP contribution in [-0.4, -0.2) is 12.0 Å². The molecule has 116 valence electrons. The second-order valence-electron chi connectivity index (χ2n) is 7.82. The minimum atomic E-state index is 0.0243. The van der Waals surface area contributed by atoms with E-state index in [1.165, 1.54) is 10.7 Å². The Morgan fingerprint density at radius 2 is 1.60 bits per heavy atom. The van der Waals surface area contributed by atoms with Crippen molar-refractivity contribution in [1.29, 1.82) is 0 Å². The highest BCUT2D eigenvalue weighted by Gasteiger charge is 2.35. The molecule has 0 radical (unpaired) electrons. The van der Waals surface area contributed by atoms with E-state index in [2.05, 4.69) is 66.2 Å². The van der Waals surface area contributed by atoms with E-state index in [-0.39, 0.29) is 11.0 Å². The van der Waals surface area contributed by atoms with Crippen molar-refractivity contribution in [3.8, 4) is 0 Å². The fraction of sp³-hybridized carbons (Fsp3) is 0.824. The monoisotopic (exact) mass is 296 g/mol. The second kappa shape index (κ2) is 6.57. The van der Waals surface area contributed by atoms with Crippen LogP contribution in [0.5, 0.6) is 0 Å². The van der Waals surface area contributed by atoms with Crippen LogP contribution in [0.25, 0.3) is 0 Å². The smallest absolute Gasteiger partial charge is 0.113 e. The maximum absolute atomic E-state index is 4.99. The van der Waals surface area contributed by atoms with Crippen LogP contribution < -0.4 is 5.32 Å². The highest BCUT2D eigenvalue weighted by molar-refractivity contribution is 7.09. The molecule has 1 rings (SSSR count). The van der Waals surface area contributed by atoms with Gasteiger partial charge in [-0.05, 0) is 31.7 Å². The third-order valence-corrected chi connectivity index (χ3v) is 4.72. The van der Waals surface area contributed by atoms with Gasteiger partial charge in [0.2, 0.25) is 0 Å². The van der Waals surface area contributed by atoms with E-state index >= 15 is 0 Å². The molecule has 0 aliphatic rings. The Morgan fingerprint density at radius 3 is 1.90 bits per heavy atom. The topological polar surface area (TPSA) is 24.9 Å². The predicted molar refractivity (Wildman–Crippen MR) is 90.5 cm³/mol. The molecular formula is C17H32N2S. The molecule has 0 unspecified atom stereocenters. The number of hydrogen-bond acceptors (Lipinski definition) is 3. The molecule has 0 fully saturated rings. The van der Waals surface area contributed by atoms with E-state index < -0.39 is 0 Å². The highest BCUT2D eigenvalue weighted by Crippen LogP contribution is 2.38. The molecule has 1 N–H and O–H groups in total. The van der Waals surface area contributed by atoms with Crippen molar-refractivity contribution in [3.05, 3.63) is 16.1 Å². The van der Waals surface area contributed by atoms with E-state index in [0.717, 1.165) is 12.8 Å². The Kier molecular flexibility index (Phi) is 5.79. The number of nitrogens with zero attached hydrogens (tertiary/aromatic N) is 1. The molecule has 0 atom stereocenters. The standard InChI is InChI=1S/C17H32N2S/c1-12(2)9-17(18-8,10-13(3)4)15-19-14(11-20-15)16(5,6)7/h11-13,18H,9-10H2,1-8H3. The van der Waals surface area contributed by atoms with Gasteiger partial charge in [0.1, 0.15) is 5.01 Å². The van der Waals surface area contributed by atoms with Crippen LogP contribution in [0.15, 0.2) is 5.38 Å². The molecule has 0 aliphatic carbocycles. The number of thiazole rings is 1. The molecular weight excluding hydrogens is 264 g/mol. The van der Waals surface area contributed by atoms with Crippen molar-refractivity contribution < 1.29 is 0 Å². The van der Waals surface area contributed by atoms with Crippen LogP contribution in [0.2, 0.25) is 0 Å². The van der Waals surface area contributed by atoms with Crippen LogP contribution in [0, 0.1) is 11.8 Å². The number of nitrogens with one attached hydrogen (secondary N) is 1. The van der Waals surface area contributed by atoms with E-state index in [1.54, 1.807) is 0 Å². The molecule has 0 bridgehead atoms. The maximum Gasteiger partial charge on any atom is 0.113 e. The first kappa shape index (κ1) is 17.6. The number of rotatable bonds is 6. The van der Waals surface area contributed by atoms with Gasteiger partial charge in [0.15, 0.2) is 0 Å². The van der Waals surface area contributed by atoms with Gasteiger partial charge in [-0.15, -0.1) is 11.3 Å². The third-order valence-electron chi connectivity index (χ3n) is 3.67. The lowest BCUT2D eigenvalue weighted by molar-refractivity contribution is 0.238. The molecule has 0 aromatic carbocycles. The van der Waals surface area contributed by atoms with Crippen molar-refractivity contribution in [2.24, 2.45) is 11.8 Å². The van der Waals surface area contributed by atoms with Crippen molar-refractivity contribution in [3.63, 3.8) is 0 Å². The molecule has 20 heavy (non-hydrogen) atoms. The van der Waals surface area contributed by atoms with Crippen molar-refractivity contribution >= 4 is 11.3 Å². The summed E-state index contributed by atoms with van der Waals surface area (Å²) in [4.78, 5) is 4.99. The van der Waals surface area contributed by atoms with Crippen LogP contribution in [-0.2, 0) is 11.0 Å². The van der Waals surface area contributed by atoms with E-state index in [1.807, 2.05) is 11.3 Å². The first-order chi connectivity index (χ1) is 9.10. The van der Waals surface area contributed by atoms with Gasteiger partial charge in [0, 0.05) is 10.8 Å². The van der Waals surface area contributed by atoms with Crippen molar-refractivity contribution in [2.45, 2.75) is 72.3 Å². The molecule has 1 heterocycles. The van der Waals surface area contributed by atoms with Crippen LogP contribution in [0.3, 0.4) is 0 Å². The molecule has 0 saturated carbocycles. The second-order valence-corrected chi connectivity index (χ2v) is 8.67. The lowest BCUT2D eigenvalue weighted by Crippen LogP contribution is -2.42. The van der Waals surface area contributed by atoms with E-state index in [0.29, 0.717) is 11.8 Å². The van der Waals surface area contributed by atoms with Gasteiger partial charge in [-0.25, -0.2) is 4.98 Å². The summed E-state index contributed by atoms with van der Waals surface area (Å²) in [5, 5.41) is 7.10. The van der Waals surface area contributed by atoms with Crippen LogP contribution in [0.4, 0.5) is 0 Å². The predicted octanol–water partition coefficient (Wildman–Crippen LogP) is 4.95. The summed E-state index contributed by atoms with van der Waals surface area (Å²) in [6, 6.07) is 0. The molecule has 1 aromatic rings. The van der Waals surface area contributed by atoms with Crippen LogP contribution >= 0.6 is 11.3 Å². The number of hydrogen-bond donors (Lipinski definition) is 1. The van der Waals surface area contributed by atoms with Crippen molar-refractivity contribution in [2.75, 3.05) is 7.05 Å². The summed E-state index contributed by atoms with van der Waals surface area (Å²) in [5.74, 6) is 1.31. The molecule has 2 nitrogen and oxygen atoms in total. The molecule has 0 amide bonds. The third kappa shape index (κ3) is 4.29. The van der Waals surface area contributed by atoms with E-state index in [4.69, 9.17) is 4.98 Å². The largest absolute Gasteiger partial charge is 0.308 e. The average Bonchev–Trinajstić information content (AvgIpc) is 2.75. The quantitative estimate of drug-likeness (QED) is 0.803. The number of aromatic nitrogens is 1. The lowest BCUT2D eigenvalue weighted by atomic mass is 9.82. The lowest BCUT2D eigenvalue weighted by Gasteiger charge is -2.35. The van der Waals surface area contributed by atoms with Gasteiger partial charge in [0.05, 0.1) is 11.2 Å². The molecule has 3 heteroatoms. The summed E-state index contributed by atoms with van der Waals surface area (Å²) < 4.78 is 0. The zero-order valence-electron chi connectivity index (χ0n) is 14.5. The SMILES string of the molecule is CNC(CC(C)C)(CC(C)C)c1nc(C(C)(C)C)cs1. The molecule has 1 aromatic heterocycles. The minimum Gasteiger partial charge on any atom is -0.308 e. The van der Waals surface area contributed by atoms with Crippen LogP contribution in [0.1, 0.15) is 72.0 Å². The normalized spacial score (nSPS) is 13.5. The zero-order valence-corrected chi connectivity index (χ0v) is 15.3. The zero-order chi connectivity index (χ0) is 15.6. The summed E-state index contributed by atoms with van der Waals surface area (Å²) in [6.07, 6.45) is 2.28. The Morgan fingerprint density at radius 1 is 1.10 bits per heavy atom. The van der Waals surface area contributed by atoms with Gasteiger partial charge in [-0.3, -0.25) is 0 Å².